The van der Waals surface area contributed by atoms with E-state index >= 15 is 0 Å². The predicted octanol–water partition coefficient (Wildman–Crippen LogP) is 4.00. The Morgan fingerprint density at radius 3 is 2.78 bits per heavy atom. The van der Waals surface area contributed by atoms with Gasteiger partial charge in [0.2, 0.25) is 0 Å². The highest BCUT2D eigenvalue weighted by molar-refractivity contribution is 7.15. The van der Waals surface area contributed by atoms with Crippen molar-refractivity contribution in [2.75, 3.05) is 0 Å². The first kappa shape index (κ1) is 15.9. The van der Waals surface area contributed by atoms with Gasteiger partial charge < -0.3 is 14.8 Å². The van der Waals surface area contributed by atoms with E-state index in [0.717, 1.165) is 5.01 Å². The second kappa shape index (κ2) is 7.55. The molecule has 0 fully saturated rings. The van der Waals surface area contributed by atoms with Crippen molar-refractivity contribution in [1.29, 1.82) is 0 Å². The lowest BCUT2D eigenvalue weighted by atomic mass is 10.1. The van der Waals surface area contributed by atoms with E-state index in [2.05, 4.69) is 29.4 Å². The van der Waals surface area contributed by atoms with E-state index in [-0.39, 0.29) is 6.04 Å². The number of nitrogens with zero attached hydrogens (tertiary/aromatic N) is 1. The summed E-state index contributed by atoms with van der Waals surface area (Å²) in [5.41, 5.74) is 1.19. The zero-order chi connectivity index (χ0) is 16.1. The molecule has 0 aliphatic heterocycles. The molecule has 2 atom stereocenters. The van der Waals surface area contributed by atoms with E-state index in [0.29, 0.717) is 18.7 Å². The molecule has 0 amide bonds. The standard InChI is InChI=1S/C18H20N2O2S/c1-13(10-15(21)16-8-5-9-22-16)19-12-18-20-11-17(23-18)14-6-3-2-4-7-14/h2-9,11,13,15,19,21H,10,12H2,1H3. The summed E-state index contributed by atoms with van der Waals surface area (Å²) in [5, 5.41) is 14.5. The summed E-state index contributed by atoms with van der Waals surface area (Å²) in [5.74, 6) is 0.610. The van der Waals surface area contributed by atoms with Crippen LogP contribution in [0.15, 0.2) is 59.3 Å². The van der Waals surface area contributed by atoms with Crippen LogP contribution in [0, 0.1) is 0 Å². The van der Waals surface area contributed by atoms with Gasteiger partial charge in [0.25, 0.3) is 0 Å². The minimum absolute atomic E-state index is 0.166. The lowest BCUT2D eigenvalue weighted by Crippen LogP contribution is -2.27. The molecule has 3 aromatic rings. The average Bonchev–Trinajstić information content (AvgIpc) is 3.25. The normalized spacial score (nSPS) is 13.8. The molecule has 0 radical (unpaired) electrons. The van der Waals surface area contributed by atoms with Gasteiger partial charge in [-0.15, -0.1) is 11.3 Å². The summed E-state index contributed by atoms with van der Waals surface area (Å²) in [6.07, 6.45) is 3.52. The molecule has 2 unspecified atom stereocenters. The second-order valence-corrected chi connectivity index (χ2v) is 6.65. The van der Waals surface area contributed by atoms with Gasteiger partial charge in [-0.05, 0) is 31.0 Å². The van der Waals surface area contributed by atoms with E-state index in [9.17, 15) is 5.11 Å². The van der Waals surface area contributed by atoms with Gasteiger partial charge in [-0.3, -0.25) is 0 Å². The third kappa shape index (κ3) is 4.28. The topological polar surface area (TPSA) is 58.3 Å². The average molecular weight is 328 g/mol. The first-order valence-corrected chi connectivity index (χ1v) is 8.49. The highest BCUT2D eigenvalue weighted by Gasteiger charge is 2.15. The number of aromatic nitrogens is 1. The molecule has 1 aromatic carbocycles. The molecule has 120 valence electrons. The van der Waals surface area contributed by atoms with Crippen LogP contribution in [0.2, 0.25) is 0 Å². The van der Waals surface area contributed by atoms with Gasteiger partial charge in [-0.1, -0.05) is 30.3 Å². The molecular formula is C18H20N2O2S. The number of hydrogen-bond acceptors (Lipinski definition) is 5. The zero-order valence-electron chi connectivity index (χ0n) is 13.0. The molecule has 2 N–H and O–H groups in total. The lowest BCUT2D eigenvalue weighted by molar-refractivity contribution is 0.128. The minimum atomic E-state index is -0.580. The van der Waals surface area contributed by atoms with Crippen molar-refractivity contribution in [1.82, 2.24) is 10.3 Å². The third-order valence-corrected chi connectivity index (χ3v) is 4.71. The maximum absolute atomic E-state index is 10.1. The van der Waals surface area contributed by atoms with E-state index in [1.807, 2.05) is 24.4 Å². The maximum atomic E-state index is 10.1. The molecule has 3 rings (SSSR count). The van der Waals surface area contributed by atoms with Crippen LogP contribution in [-0.4, -0.2) is 16.1 Å². The van der Waals surface area contributed by atoms with Gasteiger partial charge in [0, 0.05) is 18.8 Å². The molecule has 0 spiro atoms. The van der Waals surface area contributed by atoms with Gasteiger partial charge >= 0.3 is 0 Å². The molecule has 0 aliphatic rings. The monoisotopic (exact) mass is 328 g/mol. The van der Waals surface area contributed by atoms with Crippen LogP contribution in [0.1, 0.15) is 30.2 Å². The third-order valence-electron chi connectivity index (χ3n) is 3.66. The maximum Gasteiger partial charge on any atom is 0.132 e. The minimum Gasteiger partial charge on any atom is -0.467 e. The summed E-state index contributed by atoms with van der Waals surface area (Å²) in [6.45, 7) is 2.75. The van der Waals surface area contributed by atoms with Gasteiger partial charge in [0.1, 0.15) is 16.9 Å². The van der Waals surface area contributed by atoms with Crippen molar-refractivity contribution in [2.45, 2.75) is 32.0 Å². The largest absolute Gasteiger partial charge is 0.467 e. The fourth-order valence-corrected chi connectivity index (χ4v) is 3.28. The Hall–Kier alpha value is -1.95. The molecule has 0 saturated heterocycles. The molecule has 0 aliphatic carbocycles. The molecule has 4 nitrogen and oxygen atoms in total. The number of aliphatic hydroxyl groups excluding tert-OH is 1. The summed E-state index contributed by atoms with van der Waals surface area (Å²) >= 11 is 1.69. The van der Waals surface area contributed by atoms with E-state index in [4.69, 9.17) is 4.42 Å². The molecule has 2 aromatic heterocycles. The van der Waals surface area contributed by atoms with Crippen molar-refractivity contribution in [3.63, 3.8) is 0 Å². The van der Waals surface area contributed by atoms with Crippen molar-refractivity contribution >= 4 is 11.3 Å². The van der Waals surface area contributed by atoms with Crippen LogP contribution < -0.4 is 5.32 Å². The van der Waals surface area contributed by atoms with Crippen molar-refractivity contribution < 1.29 is 9.52 Å². The van der Waals surface area contributed by atoms with Gasteiger partial charge in [-0.25, -0.2) is 4.98 Å². The van der Waals surface area contributed by atoms with Crippen molar-refractivity contribution in [3.05, 3.63) is 65.7 Å². The SMILES string of the molecule is CC(CC(O)c1ccco1)NCc1ncc(-c2ccccc2)s1. The van der Waals surface area contributed by atoms with Crippen LogP contribution >= 0.6 is 11.3 Å². The Balaban J connectivity index is 1.51. The molecule has 23 heavy (non-hydrogen) atoms. The molecular weight excluding hydrogens is 308 g/mol. The van der Waals surface area contributed by atoms with Gasteiger partial charge in [-0.2, -0.15) is 0 Å². The fourth-order valence-electron chi connectivity index (χ4n) is 2.40. The fraction of sp³-hybridized carbons (Fsp3) is 0.278. The molecule has 2 heterocycles. The Bertz CT molecular complexity index is 710. The van der Waals surface area contributed by atoms with Gasteiger partial charge in [0.15, 0.2) is 0 Å². The van der Waals surface area contributed by atoms with E-state index in [1.54, 1.807) is 29.7 Å². The first-order valence-electron chi connectivity index (χ1n) is 7.67. The van der Waals surface area contributed by atoms with Crippen LogP contribution in [0.3, 0.4) is 0 Å². The number of rotatable bonds is 7. The predicted molar refractivity (Wildman–Crippen MR) is 92.1 cm³/mol. The van der Waals surface area contributed by atoms with E-state index < -0.39 is 6.10 Å². The number of nitrogens with one attached hydrogen (secondary N) is 1. The van der Waals surface area contributed by atoms with Crippen molar-refractivity contribution in [2.24, 2.45) is 0 Å². The number of thiazole rings is 1. The number of benzene rings is 1. The molecule has 0 bridgehead atoms. The highest BCUT2D eigenvalue weighted by atomic mass is 32.1. The summed E-state index contributed by atoms with van der Waals surface area (Å²) in [7, 11) is 0. The first-order chi connectivity index (χ1) is 11.2. The lowest BCUT2D eigenvalue weighted by Gasteiger charge is -2.15. The quantitative estimate of drug-likeness (QED) is 0.688. The Labute approximate surface area is 139 Å². The zero-order valence-corrected chi connectivity index (χ0v) is 13.8. The highest BCUT2D eigenvalue weighted by Crippen LogP contribution is 2.26. The van der Waals surface area contributed by atoms with Gasteiger partial charge in [0.05, 0.1) is 11.1 Å². The number of furan rings is 1. The number of aliphatic hydroxyl groups is 1. The molecule has 5 heteroatoms. The Morgan fingerprint density at radius 1 is 1.22 bits per heavy atom. The van der Waals surface area contributed by atoms with Crippen molar-refractivity contribution in [3.8, 4) is 10.4 Å². The summed E-state index contributed by atoms with van der Waals surface area (Å²) in [4.78, 5) is 5.64. The molecule has 0 saturated carbocycles. The van der Waals surface area contributed by atoms with Crippen LogP contribution in [0.4, 0.5) is 0 Å². The Morgan fingerprint density at radius 2 is 2.04 bits per heavy atom. The summed E-state index contributed by atoms with van der Waals surface area (Å²) < 4.78 is 5.22. The van der Waals surface area contributed by atoms with Crippen LogP contribution in [0.5, 0.6) is 0 Å². The van der Waals surface area contributed by atoms with Crippen LogP contribution in [-0.2, 0) is 6.54 Å². The summed E-state index contributed by atoms with van der Waals surface area (Å²) in [6, 6.07) is 14.0. The Kier molecular flexibility index (Phi) is 5.23. The number of hydrogen-bond donors (Lipinski definition) is 2. The van der Waals surface area contributed by atoms with E-state index in [1.165, 1.54) is 10.4 Å². The van der Waals surface area contributed by atoms with Crippen LogP contribution in [0.25, 0.3) is 10.4 Å². The smallest absolute Gasteiger partial charge is 0.132 e. The second-order valence-electron chi connectivity index (χ2n) is 5.53.